The first-order valence-electron chi connectivity index (χ1n) is 14.3. The van der Waals surface area contributed by atoms with E-state index in [0.29, 0.717) is 0 Å². The molecule has 0 rings (SSSR count). The molecule has 0 heterocycles. The number of carbonyl (C=O) groups excluding carboxylic acids is 1. The van der Waals surface area contributed by atoms with Crippen LogP contribution in [0.5, 0.6) is 0 Å². The highest BCUT2D eigenvalue weighted by Gasteiger charge is 2.17. The molecule has 3 N–H and O–H groups in total. The molecule has 2 unspecified atom stereocenters. The summed E-state index contributed by atoms with van der Waals surface area (Å²) in [6, 6.07) is -0.694. The van der Waals surface area contributed by atoms with E-state index in [1.807, 2.05) is 18.2 Å². The molecule has 0 radical (unpaired) electrons. The van der Waals surface area contributed by atoms with Gasteiger partial charge in [0.25, 0.3) is 0 Å². The van der Waals surface area contributed by atoms with Gasteiger partial charge in [-0.05, 0) is 57.8 Å². The van der Waals surface area contributed by atoms with Gasteiger partial charge in [0.1, 0.15) is 0 Å². The van der Waals surface area contributed by atoms with Crippen LogP contribution in [-0.2, 0) is 4.79 Å². The molecule has 4 nitrogen and oxygen atoms in total. The van der Waals surface area contributed by atoms with Crippen LogP contribution in [0.15, 0.2) is 85.1 Å². The molecule has 1 amide bonds. The second-order valence-electron chi connectivity index (χ2n) is 9.09. The third-order valence-corrected chi connectivity index (χ3v) is 5.64. The number of unbranched alkanes of at least 4 members (excludes halogenated alkanes) is 5. The predicted molar refractivity (Wildman–Crippen MR) is 160 cm³/mol. The average Bonchev–Trinajstić information content (AvgIpc) is 2.90. The Kier molecular flexibility index (Phi) is 26.3. The van der Waals surface area contributed by atoms with Gasteiger partial charge in [-0.25, -0.2) is 0 Å². The van der Waals surface area contributed by atoms with Crippen molar-refractivity contribution in [2.24, 2.45) is 0 Å². The van der Waals surface area contributed by atoms with Crippen LogP contribution in [0.1, 0.15) is 97.3 Å². The Labute approximate surface area is 227 Å². The summed E-state index contributed by atoms with van der Waals surface area (Å²) in [6.45, 7) is 4.05. The molecule has 0 aromatic heterocycles. The van der Waals surface area contributed by atoms with Gasteiger partial charge in [0, 0.05) is 6.42 Å². The molecular formula is C33H53NO3. The predicted octanol–water partition coefficient (Wildman–Crippen LogP) is 7.83. The van der Waals surface area contributed by atoms with E-state index < -0.39 is 12.1 Å². The Balaban J connectivity index is 3.99. The van der Waals surface area contributed by atoms with Gasteiger partial charge in [-0.1, -0.05) is 118 Å². The van der Waals surface area contributed by atoms with Crippen molar-refractivity contribution >= 4 is 5.91 Å². The largest absolute Gasteiger partial charge is 0.394 e. The highest BCUT2D eigenvalue weighted by Crippen LogP contribution is 2.05. The van der Waals surface area contributed by atoms with E-state index in [-0.39, 0.29) is 18.9 Å². The number of nitrogens with one attached hydrogen (secondary N) is 1. The molecule has 0 aromatic carbocycles. The molecule has 0 saturated carbocycles. The molecule has 4 heteroatoms. The van der Waals surface area contributed by atoms with Crippen molar-refractivity contribution in [3.63, 3.8) is 0 Å². The van der Waals surface area contributed by atoms with Crippen LogP contribution < -0.4 is 5.32 Å². The van der Waals surface area contributed by atoms with Crippen LogP contribution in [0.2, 0.25) is 0 Å². The first-order chi connectivity index (χ1) is 18.2. The Morgan fingerprint density at radius 2 is 1.22 bits per heavy atom. The van der Waals surface area contributed by atoms with Gasteiger partial charge in [-0.3, -0.25) is 4.79 Å². The maximum absolute atomic E-state index is 12.1. The number of rotatable bonds is 23. The molecule has 0 saturated heterocycles. The minimum absolute atomic E-state index is 0.209. The van der Waals surface area contributed by atoms with Crippen molar-refractivity contribution < 1.29 is 15.0 Å². The van der Waals surface area contributed by atoms with Crippen LogP contribution in [0.25, 0.3) is 0 Å². The zero-order chi connectivity index (χ0) is 27.2. The van der Waals surface area contributed by atoms with Crippen LogP contribution >= 0.6 is 0 Å². The van der Waals surface area contributed by atoms with E-state index >= 15 is 0 Å². The molecule has 208 valence electrons. The topological polar surface area (TPSA) is 69.6 Å². The van der Waals surface area contributed by atoms with Crippen LogP contribution in [-0.4, -0.2) is 34.9 Å². The molecule has 0 fully saturated rings. The first-order valence-corrected chi connectivity index (χ1v) is 14.3. The molecule has 0 spiro atoms. The lowest BCUT2D eigenvalue weighted by molar-refractivity contribution is -0.122. The molecule has 37 heavy (non-hydrogen) atoms. The van der Waals surface area contributed by atoms with Crippen LogP contribution in [0.4, 0.5) is 0 Å². The van der Waals surface area contributed by atoms with E-state index in [1.54, 1.807) is 6.08 Å². The lowest BCUT2D eigenvalue weighted by Crippen LogP contribution is -2.44. The Morgan fingerprint density at radius 1 is 0.676 bits per heavy atom. The van der Waals surface area contributed by atoms with Gasteiger partial charge in [0.15, 0.2) is 0 Å². The number of hydrogen-bond donors (Lipinski definition) is 3. The number of aliphatic hydroxyl groups is 2. The summed E-state index contributed by atoms with van der Waals surface area (Å²) < 4.78 is 0. The molecular weight excluding hydrogens is 458 g/mol. The lowest BCUT2D eigenvalue weighted by atomic mass is 10.1. The summed E-state index contributed by atoms with van der Waals surface area (Å²) in [4.78, 5) is 12.1. The van der Waals surface area contributed by atoms with E-state index in [1.165, 1.54) is 25.7 Å². The summed E-state index contributed by atoms with van der Waals surface area (Å²) in [5.74, 6) is -0.209. The summed E-state index contributed by atoms with van der Waals surface area (Å²) in [6.07, 6.45) is 41.0. The summed E-state index contributed by atoms with van der Waals surface area (Å²) in [5, 5.41) is 22.5. The van der Waals surface area contributed by atoms with E-state index in [0.717, 1.165) is 51.4 Å². The monoisotopic (exact) mass is 511 g/mol. The highest BCUT2D eigenvalue weighted by molar-refractivity contribution is 5.77. The Morgan fingerprint density at radius 3 is 1.78 bits per heavy atom. The maximum Gasteiger partial charge on any atom is 0.224 e. The molecule has 0 aliphatic rings. The van der Waals surface area contributed by atoms with Crippen molar-refractivity contribution in [3.8, 4) is 0 Å². The van der Waals surface area contributed by atoms with Gasteiger partial charge in [-0.15, -0.1) is 0 Å². The standard InChI is InChI=1S/C33H53NO3/c1-3-5-7-9-11-13-15-16-17-18-19-21-23-25-27-29-33(37)34-31(30-35)32(36)28-26-24-22-20-14-12-10-8-6-4-2/h5,7,11,13-14,16-17,19-21,25-28,31-32,35-36H,3-4,6,8-10,12,15,18,22-24,29-30H2,1-2H3,(H,34,37)/b7-5-,13-11-,17-16-,20-14+,21-19-,27-25-,28-26+. The van der Waals surface area contributed by atoms with Gasteiger partial charge < -0.3 is 15.5 Å². The van der Waals surface area contributed by atoms with E-state index in [9.17, 15) is 15.0 Å². The SMILES string of the molecule is CC/C=C\C/C=C\C/C=C\C/C=C\C/C=C\CC(=O)NC(CO)C(O)/C=C/CC/C=C/CCCCCC. The third-order valence-electron chi connectivity index (χ3n) is 5.64. The fourth-order valence-electron chi connectivity index (χ4n) is 3.43. The van der Waals surface area contributed by atoms with Gasteiger partial charge >= 0.3 is 0 Å². The van der Waals surface area contributed by atoms with Crippen LogP contribution in [0, 0.1) is 0 Å². The molecule has 0 bridgehead atoms. The smallest absolute Gasteiger partial charge is 0.224 e. The lowest BCUT2D eigenvalue weighted by Gasteiger charge is -2.19. The minimum atomic E-state index is -0.902. The fourth-order valence-corrected chi connectivity index (χ4v) is 3.43. The normalized spacial score (nSPS) is 14.6. The van der Waals surface area contributed by atoms with Crippen molar-refractivity contribution in [3.05, 3.63) is 85.1 Å². The molecule has 0 aromatic rings. The van der Waals surface area contributed by atoms with Crippen molar-refractivity contribution in [1.82, 2.24) is 5.32 Å². The number of allylic oxidation sites excluding steroid dienone is 12. The zero-order valence-corrected chi connectivity index (χ0v) is 23.4. The highest BCUT2D eigenvalue weighted by atomic mass is 16.3. The zero-order valence-electron chi connectivity index (χ0n) is 23.4. The third kappa shape index (κ3) is 25.0. The first kappa shape index (κ1) is 34.6. The average molecular weight is 512 g/mol. The quantitative estimate of drug-likeness (QED) is 0.0967. The number of carbonyl (C=O) groups is 1. The molecule has 0 aliphatic carbocycles. The van der Waals surface area contributed by atoms with Crippen molar-refractivity contribution in [2.45, 2.75) is 109 Å². The second kappa shape index (κ2) is 28.1. The van der Waals surface area contributed by atoms with Crippen molar-refractivity contribution in [2.75, 3.05) is 6.61 Å². The minimum Gasteiger partial charge on any atom is -0.394 e. The van der Waals surface area contributed by atoms with Crippen molar-refractivity contribution in [1.29, 1.82) is 0 Å². The Bertz CT molecular complexity index is 728. The number of hydrogen-bond acceptors (Lipinski definition) is 3. The maximum atomic E-state index is 12.1. The van der Waals surface area contributed by atoms with Crippen LogP contribution in [0.3, 0.4) is 0 Å². The van der Waals surface area contributed by atoms with E-state index in [4.69, 9.17) is 0 Å². The molecule has 0 aliphatic heterocycles. The van der Waals surface area contributed by atoms with Gasteiger partial charge in [0.2, 0.25) is 5.91 Å². The summed E-state index contributed by atoms with van der Waals surface area (Å²) >= 11 is 0. The summed E-state index contributed by atoms with van der Waals surface area (Å²) in [5.41, 5.74) is 0. The summed E-state index contributed by atoms with van der Waals surface area (Å²) in [7, 11) is 0. The second-order valence-corrected chi connectivity index (χ2v) is 9.09. The molecule has 2 atom stereocenters. The number of aliphatic hydroxyl groups excluding tert-OH is 2. The number of amides is 1. The van der Waals surface area contributed by atoms with Gasteiger partial charge in [-0.2, -0.15) is 0 Å². The Hall–Kier alpha value is -2.43. The van der Waals surface area contributed by atoms with E-state index in [2.05, 4.69) is 79.9 Å². The van der Waals surface area contributed by atoms with Gasteiger partial charge in [0.05, 0.1) is 18.8 Å². The fraction of sp³-hybridized carbons (Fsp3) is 0.545.